The molecular formula is C24H26N2O3. The van der Waals surface area contributed by atoms with E-state index in [1.807, 2.05) is 25.1 Å². The minimum absolute atomic E-state index is 0.192. The van der Waals surface area contributed by atoms with Gasteiger partial charge >= 0.3 is 5.97 Å². The zero-order valence-electron chi connectivity index (χ0n) is 17.3. The minimum Gasteiger partial charge on any atom is -0.497 e. The first-order valence-corrected chi connectivity index (χ1v) is 9.91. The van der Waals surface area contributed by atoms with Gasteiger partial charge in [-0.15, -0.1) is 0 Å². The highest BCUT2D eigenvalue weighted by Crippen LogP contribution is 2.40. The van der Waals surface area contributed by atoms with Crippen LogP contribution < -0.4 is 4.74 Å². The summed E-state index contributed by atoms with van der Waals surface area (Å²) in [6.45, 7) is 7.13. The van der Waals surface area contributed by atoms with Gasteiger partial charge in [-0.2, -0.15) is 0 Å². The van der Waals surface area contributed by atoms with Crippen LogP contribution in [0.15, 0.2) is 47.5 Å². The molecule has 3 aromatic rings. The topological polar surface area (TPSA) is 63.7 Å². The van der Waals surface area contributed by atoms with Gasteiger partial charge in [-0.25, -0.2) is 0 Å². The van der Waals surface area contributed by atoms with Gasteiger partial charge in [0.2, 0.25) is 0 Å². The van der Waals surface area contributed by atoms with Crippen LogP contribution in [-0.2, 0) is 14.9 Å². The van der Waals surface area contributed by atoms with E-state index in [0.717, 1.165) is 39.0 Å². The van der Waals surface area contributed by atoms with Crippen molar-refractivity contribution in [2.45, 2.75) is 32.1 Å². The summed E-state index contributed by atoms with van der Waals surface area (Å²) in [5.74, 6) is 0.0405. The predicted octanol–water partition coefficient (Wildman–Crippen LogP) is 4.85. The molecule has 4 rings (SSSR count). The normalized spacial score (nSPS) is 17.6. The summed E-state index contributed by atoms with van der Waals surface area (Å²) in [6.07, 6.45) is 1.73. The van der Waals surface area contributed by atoms with Gasteiger partial charge in [0.1, 0.15) is 11.7 Å². The number of hydrogen-bond acceptors (Lipinski definition) is 4. The molecule has 0 spiro atoms. The highest BCUT2D eigenvalue weighted by atomic mass is 16.5. The molecule has 1 N–H and O–H groups in total. The maximum absolute atomic E-state index is 12.6. The molecule has 2 heterocycles. The van der Waals surface area contributed by atoms with Crippen LogP contribution in [0.5, 0.6) is 5.75 Å². The Morgan fingerprint density at radius 1 is 1.21 bits per heavy atom. The van der Waals surface area contributed by atoms with Crippen molar-refractivity contribution in [1.29, 1.82) is 0 Å². The average molecular weight is 390 g/mol. The maximum Gasteiger partial charge on any atom is 0.320 e. The summed E-state index contributed by atoms with van der Waals surface area (Å²) in [5.41, 5.74) is 5.01. The molecule has 5 nitrogen and oxygen atoms in total. The molecule has 0 saturated carbocycles. The number of ether oxygens (including phenoxy) is 2. The van der Waals surface area contributed by atoms with Gasteiger partial charge in [0.15, 0.2) is 0 Å². The van der Waals surface area contributed by atoms with Gasteiger partial charge < -0.3 is 14.5 Å². The van der Waals surface area contributed by atoms with Crippen LogP contribution in [0.2, 0.25) is 0 Å². The molecule has 1 aliphatic heterocycles. The summed E-state index contributed by atoms with van der Waals surface area (Å²) in [5, 5.41) is 1.12. The number of carbonyl (C=O) groups is 1. The molecule has 150 valence electrons. The van der Waals surface area contributed by atoms with E-state index in [2.05, 4.69) is 48.1 Å². The molecule has 5 heteroatoms. The Morgan fingerprint density at radius 2 is 2.00 bits per heavy atom. The van der Waals surface area contributed by atoms with Crippen LogP contribution >= 0.6 is 0 Å². The minimum atomic E-state index is -0.514. The highest BCUT2D eigenvalue weighted by Gasteiger charge is 2.35. The Labute approximate surface area is 170 Å². The van der Waals surface area contributed by atoms with E-state index in [4.69, 9.17) is 9.47 Å². The number of aliphatic imine (C=N–C) groups is 1. The van der Waals surface area contributed by atoms with Crippen molar-refractivity contribution in [3.8, 4) is 16.9 Å². The Bertz CT molecular complexity index is 1090. The van der Waals surface area contributed by atoms with Crippen molar-refractivity contribution in [3.05, 3.63) is 53.7 Å². The molecular weight excluding hydrogens is 364 g/mol. The number of H-pyrrole nitrogens is 1. The summed E-state index contributed by atoms with van der Waals surface area (Å²) >= 11 is 0. The number of aromatic nitrogens is 1. The molecule has 29 heavy (non-hydrogen) atoms. The largest absolute Gasteiger partial charge is 0.497 e. The number of fused-ring (bicyclic) bond motifs is 3. The summed E-state index contributed by atoms with van der Waals surface area (Å²) in [6, 6.07) is 14.4. The highest BCUT2D eigenvalue weighted by molar-refractivity contribution is 6.00. The molecule has 1 atom stereocenters. The molecule has 0 aliphatic carbocycles. The standard InChI is InChI=1S/C24H26N2O3/c1-5-29-23(27)19-13-25-14-24(2,3)21-18-10-9-16(12-20(18)26-22(19)21)15-7-6-8-17(11-15)28-4/h6-13,19,26H,5,14H2,1-4H3. The van der Waals surface area contributed by atoms with E-state index >= 15 is 0 Å². The lowest BCUT2D eigenvalue weighted by atomic mass is 9.81. The number of aromatic amines is 1. The van der Waals surface area contributed by atoms with Crippen LogP contribution in [0.4, 0.5) is 0 Å². The van der Waals surface area contributed by atoms with Gasteiger partial charge in [-0.1, -0.05) is 38.1 Å². The first kappa shape index (κ1) is 19.2. The molecule has 0 bridgehead atoms. The second-order valence-electron chi connectivity index (χ2n) is 8.01. The van der Waals surface area contributed by atoms with E-state index in [-0.39, 0.29) is 11.4 Å². The van der Waals surface area contributed by atoms with Gasteiger partial charge in [0, 0.05) is 34.8 Å². The number of esters is 1. The lowest BCUT2D eigenvalue weighted by molar-refractivity contribution is -0.143. The number of benzene rings is 2. The fourth-order valence-corrected chi connectivity index (χ4v) is 4.11. The predicted molar refractivity (Wildman–Crippen MR) is 116 cm³/mol. The second-order valence-corrected chi connectivity index (χ2v) is 8.01. The van der Waals surface area contributed by atoms with Crippen molar-refractivity contribution in [2.24, 2.45) is 4.99 Å². The molecule has 1 unspecified atom stereocenters. The first-order chi connectivity index (χ1) is 13.9. The number of methoxy groups -OCH3 is 1. The Kier molecular flexibility index (Phi) is 4.91. The monoisotopic (exact) mass is 390 g/mol. The van der Waals surface area contributed by atoms with Gasteiger partial charge in [0.25, 0.3) is 0 Å². The lowest BCUT2D eigenvalue weighted by Crippen LogP contribution is -2.23. The zero-order valence-corrected chi connectivity index (χ0v) is 17.3. The third-order valence-electron chi connectivity index (χ3n) is 5.50. The molecule has 0 amide bonds. The van der Waals surface area contributed by atoms with Crippen LogP contribution in [0.25, 0.3) is 22.0 Å². The van der Waals surface area contributed by atoms with Crippen molar-refractivity contribution in [1.82, 2.24) is 4.98 Å². The van der Waals surface area contributed by atoms with Gasteiger partial charge in [-0.3, -0.25) is 9.79 Å². The lowest BCUT2D eigenvalue weighted by Gasteiger charge is -2.23. The fraction of sp³-hybridized carbons (Fsp3) is 0.333. The van der Waals surface area contributed by atoms with E-state index in [1.54, 1.807) is 13.3 Å². The Balaban J connectivity index is 1.88. The number of rotatable bonds is 4. The molecule has 1 aromatic heterocycles. The van der Waals surface area contributed by atoms with Crippen molar-refractivity contribution in [2.75, 3.05) is 20.3 Å². The molecule has 0 fully saturated rings. The zero-order chi connectivity index (χ0) is 20.6. The van der Waals surface area contributed by atoms with Crippen LogP contribution in [0.1, 0.15) is 37.9 Å². The van der Waals surface area contributed by atoms with Crippen LogP contribution in [-0.4, -0.2) is 37.4 Å². The maximum atomic E-state index is 12.6. The third-order valence-corrected chi connectivity index (χ3v) is 5.50. The van der Waals surface area contributed by atoms with E-state index in [1.165, 1.54) is 0 Å². The van der Waals surface area contributed by atoms with Gasteiger partial charge in [-0.05, 0) is 41.8 Å². The van der Waals surface area contributed by atoms with Crippen LogP contribution in [0.3, 0.4) is 0 Å². The Hall–Kier alpha value is -3.08. The fourth-order valence-electron chi connectivity index (χ4n) is 4.11. The third kappa shape index (κ3) is 3.41. The summed E-state index contributed by atoms with van der Waals surface area (Å²) in [4.78, 5) is 20.7. The SMILES string of the molecule is CCOC(=O)C1C=NCC(C)(C)c2c1[nH]c1cc(-c3cccc(OC)c3)ccc21. The van der Waals surface area contributed by atoms with E-state index in [9.17, 15) is 4.79 Å². The van der Waals surface area contributed by atoms with Crippen LogP contribution in [0, 0.1) is 0 Å². The molecule has 0 radical (unpaired) electrons. The second kappa shape index (κ2) is 7.39. The van der Waals surface area contributed by atoms with E-state index < -0.39 is 5.92 Å². The Morgan fingerprint density at radius 3 is 2.76 bits per heavy atom. The van der Waals surface area contributed by atoms with Crippen molar-refractivity contribution in [3.63, 3.8) is 0 Å². The number of hydrogen-bond donors (Lipinski definition) is 1. The average Bonchev–Trinajstić information content (AvgIpc) is 3.04. The molecule has 0 saturated heterocycles. The molecule has 1 aliphatic rings. The van der Waals surface area contributed by atoms with E-state index in [0.29, 0.717) is 13.2 Å². The quantitative estimate of drug-likeness (QED) is 0.648. The van der Waals surface area contributed by atoms with Crippen molar-refractivity contribution >= 4 is 23.1 Å². The van der Waals surface area contributed by atoms with Crippen molar-refractivity contribution < 1.29 is 14.3 Å². The molecule has 2 aromatic carbocycles. The van der Waals surface area contributed by atoms with Gasteiger partial charge in [0.05, 0.1) is 13.7 Å². The summed E-state index contributed by atoms with van der Waals surface area (Å²) in [7, 11) is 1.67. The number of carbonyl (C=O) groups excluding carboxylic acids is 1. The summed E-state index contributed by atoms with van der Waals surface area (Å²) < 4.78 is 10.7. The smallest absolute Gasteiger partial charge is 0.320 e. The number of nitrogens with one attached hydrogen (secondary N) is 1. The number of nitrogens with zero attached hydrogens (tertiary/aromatic N) is 1. The first-order valence-electron chi connectivity index (χ1n) is 9.91.